The van der Waals surface area contributed by atoms with Crippen LogP contribution < -0.4 is 0 Å². The molecule has 1 aromatic rings. The Hall–Kier alpha value is -2.02. The average molecular weight is 447 g/mol. The van der Waals surface area contributed by atoms with Crippen molar-refractivity contribution in [3.05, 3.63) is 59.7 Å². The molecular formula is C25H38O5Si. The molecule has 0 amide bonds. The van der Waals surface area contributed by atoms with E-state index in [2.05, 4.69) is 33.9 Å². The maximum absolute atomic E-state index is 12.6. The number of benzene rings is 1. The fraction of sp³-hybridized carbons (Fsp3) is 0.520. The van der Waals surface area contributed by atoms with Gasteiger partial charge in [-0.1, -0.05) is 69.7 Å². The molecule has 6 heteroatoms. The number of hydrogen-bond donors (Lipinski definition) is 1. The number of carbonyl (C=O) groups excluding carboxylic acids is 2. The van der Waals surface area contributed by atoms with Crippen LogP contribution in [0.5, 0.6) is 0 Å². The van der Waals surface area contributed by atoms with Crippen LogP contribution in [0.2, 0.25) is 18.1 Å². The van der Waals surface area contributed by atoms with Gasteiger partial charge in [0.25, 0.3) is 0 Å². The minimum Gasteiger partial charge on any atom is -0.451 e. The molecule has 0 saturated heterocycles. The number of rotatable bonds is 10. The first-order chi connectivity index (χ1) is 14.3. The van der Waals surface area contributed by atoms with Crippen molar-refractivity contribution < 1.29 is 23.9 Å². The van der Waals surface area contributed by atoms with E-state index in [4.69, 9.17) is 9.16 Å². The molecule has 0 radical (unpaired) electrons. The number of aliphatic hydroxyl groups is 1. The molecule has 5 nitrogen and oxygen atoms in total. The first kappa shape index (κ1) is 27.0. The highest BCUT2D eigenvalue weighted by Gasteiger charge is 2.36. The van der Waals surface area contributed by atoms with E-state index in [1.807, 2.05) is 19.1 Å². The van der Waals surface area contributed by atoms with Crippen LogP contribution in [0, 0.1) is 5.92 Å². The molecule has 0 aliphatic heterocycles. The van der Waals surface area contributed by atoms with Gasteiger partial charge in [-0.25, -0.2) is 4.79 Å². The standard InChI is InChI=1S/C25H38O5Si/c1-18(13-12-16-29-31(7,8)25(4,5)6)17-22(26)19(2)23(27)20(3)30-24(28)21-14-10-9-11-15-21/h9-15,17,19-20,22,26H,16H2,1-8H3/b13-12+,18-17+/t19-,20+,22-/m1/s1. The Morgan fingerprint density at radius 2 is 1.71 bits per heavy atom. The fourth-order valence-electron chi connectivity index (χ4n) is 2.58. The SMILES string of the molecule is CC(/C=C/CO[Si](C)(C)C(C)(C)C)=C\[C@@H](O)[C@@H](C)C(=O)[C@H](C)OC(=O)c1ccccc1. The van der Waals surface area contributed by atoms with Gasteiger partial charge in [0.15, 0.2) is 20.2 Å². The van der Waals surface area contributed by atoms with E-state index in [9.17, 15) is 14.7 Å². The van der Waals surface area contributed by atoms with Crippen molar-refractivity contribution >= 4 is 20.1 Å². The van der Waals surface area contributed by atoms with Gasteiger partial charge in [0.05, 0.1) is 18.3 Å². The van der Waals surface area contributed by atoms with Crippen molar-refractivity contribution in [1.82, 2.24) is 0 Å². The number of carbonyl (C=O) groups is 2. The lowest BCUT2D eigenvalue weighted by Gasteiger charge is -2.35. The van der Waals surface area contributed by atoms with Crippen LogP contribution >= 0.6 is 0 Å². The fourth-order valence-corrected chi connectivity index (χ4v) is 3.52. The van der Waals surface area contributed by atoms with E-state index in [0.29, 0.717) is 12.2 Å². The third-order valence-corrected chi connectivity index (χ3v) is 10.3. The lowest BCUT2D eigenvalue weighted by atomic mass is 9.95. The Morgan fingerprint density at radius 3 is 2.26 bits per heavy atom. The summed E-state index contributed by atoms with van der Waals surface area (Å²) in [5.74, 6) is -1.59. The van der Waals surface area contributed by atoms with Crippen LogP contribution in [0.25, 0.3) is 0 Å². The van der Waals surface area contributed by atoms with Gasteiger partial charge in [0.1, 0.15) is 0 Å². The third-order valence-electron chi connectivity index (χ3n) is 5.82. The van der Waals surface area contributed by atoms with Gasteiger partial charge in [-0.05, 0) is 44.1 Å². The van der Waals surface area contributed by atoms with E-state index in [1.165, 1.54) is 6.92 Å². The Labute approximate surface area is 188 Å². The molecule has 1 rings (SSSR count). The summed E-state index contributed by atoms with van der Waals surface area (Å²) in [5.41, 5.74) is 1.22. The summed E-state index contributed by atoms with van der Waals surface area (Å²) in [6, 6.07) is 8.52. The first-order valence-electron chi connectivity index (χ1n) is 10.7. The Morgan fingerprint density at radius 1 is 1.13 bits per heavy atom. The zero-order chi connectivity index (χ0) is 23.8. The van der Waals surface area contributed by atoms with Gasteiger partial charge < -0.3 is 14.3 Å². The summed E-state index contributed by atoms with van der Waals surface area (Å²) in [4.78, 5) is 24.7. The molecule has 0 aliphatic rings. The Balaban J connectivity index is 2.62. The van der Waals surface area contributed by atoms with Crippen molar-refractivity contribution in [2.75, 3.05) is 6.61 Å². The topological polar surface area (TPSA) is 72.8 Å². The number of ether oxygens (including phenoxy) is 1. The molecule has 0 bridgehead atoms. The van der Waals surface area contributed by atoms with Crippen molar-refractivity contribution in [2.45, 2.75) is 71.9 Å². The van der Waals surface area contributed by atoms with Gasteiger partial charge in [-0.2, -0.15) is 0 Å². The summed E-state index contributed by atoms with van der Waals surface area (Å²) in [5, 5.41) is 10.6. The second-order valence-electron chi connectivity index (χ2n) is 9.48. The van der Waals surface area contributed by atoms with E-state index in [0.717, 1.165) is 5.57 Å². The second kappa shape index (κ2) is 11.6. The summed E-state index contributed by atoms with van der Waals surface area (Å²) in [6.45, 7) is 16.5. The minimum absolute atomic E-state index is 0.151. The van der Waals surface area contributed by atoms with E-state index in [1.54, 1.807) is 43.3 Å². The highest BCUT2D eigenvalue weighted by Crippen LogP contribution is 2.36. The highest BCUT2D eigenvalue weighted by atomic mass is 28.4. The minimum atomic E-state index is -1.80. The average Bonchev–Trinajstić information content (AvgIpc) is 2.69. The van der Waals surface area contributed by atoms with E-state index >= 15 is 0 Å². The van der Waals surface area contributed by atoms with E-state index in [-0.39, 0.29) is 10.8 Å². The van der Waals surface area contributed by atoms with Gasteiger partial charge in [-0.3, -0.25) is 4.79 Å². The molecule has 31 heavy (non-hydrogen) atoms. The molecule has 0 saturated carbocycles. The molecular weight excluding hydrogens is 408 g/mol. The molecule has 1 N–H and O–H groups in total. The van der Waals surface area contributed by atoms with Crippen molar-refractivity contribution in [3.8, 4) is 0 Å². The first-order valence-corrected chi connectivity index (χ1v) is 13.6. The smallest absolute Gasteiger partial charge is 0.338 e. The highest BCUT2D eigenvalue weighted by molar-refractivity contribution is 6.74. The van der Waals surface area contributed by atoms with E-state index < -0.39 is 32.4 Å². The lowest BCUT2D eigenvalue weighted by Crippen LogP contribution is -2.40. The molecule has 0 fully saturated rings. The van der Waals surface area contributed by atoms with Gasteiger partial charge in [0, 0.05) is 5.92 Å². The maximum Gasteiger partial charge on any atom is 0.338 e. The Kier molecular flexibility index (Phi) is 10.1. The molecule has 0 spiro atoms. The summed E-state index contributed by atoms with van der Waals surface area (Å²) >= 11 is 0. The molecule has 3 atom stereocenters. The monoisotopic (exact) mass is 446 g/mol. The van der Waals surface area contributed by atoms with Crippen LogP contribution in [0.4, 0.5) is 0 Å². The predicted octanol–water partition coefficient (Wildman–Crippen LogP) is 5.32. The Bertz CT molecular complexity index is 790. The van der Waals surface area contributed by atoms with Gasteiger partial charge in [-0.15, -0.1) is 0 Å². The lowest BCUT2D eigenvalue weighted by molar-refractivity contribution is -0.132. The number of hydrogen-bond acceptors (Lipinski definition) is 5. The molecule has 0 aliphatic carbocycles. The molecule has 0 aromatic heterocycles. The summed E-state index contributed by atoms with van der Waals surface area (Å²) in [7, 11) is -1.80. The molecule has 1 aromatic carbocycles. The zero-order valence-electron chi connectivity index (χ0n) is 20.1. The summed E-state index contributed by atoms with van der Waals surface area (Å²) in [6.07, 6.45) is 3.52. The van der Waals surface area contributed by atoms with Crippen LogP contribution in [-0.4, -0.2) is 44.0 Å². The van der Waals surface area contributed by atoms with Crippen molar-refractivity contribution in [1.29, 1.82) is 0 Å². The second-order valence-corrected chi connectivity index (χ2v) is 14.3. The van der Waals surface area contributed by atoms with Crippen LogP contribution in [0.15, 0.2) is 54.1 Å². The van der Waals surface area contributed by atoms with Crippen LogP contribution in [0.3, 0.4) is 0 Å². The largest absolute Gasteiger partial charge is 0.451 e. The number of allylic oxidation sites excluding steroid dienone is 2. The summed E-state index contributed by atoms with van der Waals surface area (Å²) < 4.78 is 11.4. The number of aliphatic hydroxyl groups excluding tert-OH is 1. The van der Waals surface area contributed by atoms with Crippen molar-refractivity contribution in [2.24, 2.45) is 5.92 Å². The predicted molar refractivity (Wildman–Crippen MR) is 128 cm³/mol. The van der Waals surface area contributed by atoms with Crippen LogP contribution in [0.1, 0.15) is 51.9 Å². The number of esters is 1. The molecule has 172 valence electrons. The maximum atomic E-state index is 12.6. The van der Waals surface area contributed by atoms with Crippen molar-refractivity contribution in [3.63, 3.8) is 0 Å². The number of Topliss-reactive ketones (excluding diaryl/α,β-unsaturated/α-hetero) is 1. The quantitative estimate of drug-likeness (QED) is 0.299. The van der Waals surface area contributed by atoms with Crippen LogP contribution in [-0.2, 0) is 14.0 Å². The normalized spacial score (nSPS) is 16.1. The third kappa shape index (κ3) is 8.55. The number of ketones is 1. The molecule has 0 unspecified atom stereocenters. The van der Waals surface area contributed by atoms with Gasteiger partial charge >= 0.3 is 5.97 Å². The van der Waals surface area contributed by atoms with Gasteiger partial charge in [0.2, 0.25) is 0 Å². The molecule has 0 heterocycles. The zero-order valence-corrected chi connectivity index (χ0v) is 21.1.